The quantitative estimate of drug-likeness (QED) is 0.346. The molecule has 1 N–H and O–H groups in total. The van der Waals surface area contributed by atoms with E-state index in [0.717, 1.165) is 23.4 Å². The summed E-state index contributed by atoms with van der Waals surface area (Å²) in [6.45, 7) is 0.776. The number of nitrogens with one attached hydrogen (secondary N) is 1. The minimum absolute atomic E-state index is 0.0458. The number of hydrogen-bond donors (Lipinski definition) is 1. The van der Waals surface area contributed by atoms with Crippen molar-refractivity contribution in [2.75, 3.05) is 17.2 Å². The third kappa shape index (κ3) is 5.29. The van der Waals surface area contributed by atoms with Crippen LogP contribution in [0.25, 0.3) is 0 Å². The highest BCUT2D eigenvalue weighted by Gasteiger charge is 2.08. The van der Waals surface area contributed by atoms with Crippen LogP contribution in [0.2, 0.25) is 0 Å². The Morgan fingerprint density at radius 3 is 2.76 bits per heavy atom. The summed E-state index contributed by atoms with van der Waals surface area (Å²) in [5.41, 5.74) is 0.786. The first-order valence-electron chi connectivity index (χ1n) is 5.76. The highest BCUT2D eigenvalue weighted by atomic mass is 127. The van der Waals surface area contributed by atoms with E-state index in [2.05, 4.69) is 27.9 Å². The molecule has 0 aromatic heterocycles. The lowest BCUT2D eigenvalue weighted by molar-refractivity contribution is 0.0950. The molecule has 0 aliphatic rings. The van der Waals surface area contributed by atoms with Crippen molar-refractivity contribution in [3.8, 4) is 0 Å². The second-order valence-corrected chi connectivity index (χ2v) is 5.63. The molecule has 0 atom stereocenters. The molecule has 0 heterocycles. The second kappa shape index (κ2) is 8.80. The molecule has 0 bridgehead atoms. The third-order valence-corrected chi connectivity index (χ3v) is 4.01. The smallest absolute Gasteiger partial charge is 0.252 e. The van der Waals surface area contributed by atoms with Crippen LogP contribution in [0.3, 0.4) is 0 Å². The Balaban J connectivity index is 2.41. The highest BCUT2D eigenvalue weighted by Crippen LogP contribution is 2.19. The SMILES string of the molecule is CSc1ccccc1C(=O)NCCCCCI. The Morgan fingerprint density at radius 2 is 2.06 bits per heavy atom. The largest absolute Gasteiger partial charge is 0.352 e. The van der Waals surface area contributed by atoms with Crippen molar-refractivity contribution < 1.29 is 4.79 Å². The van der Waals surface area contributed by atoms with Gasteiger partial charge in [-0.2, -0.15) is 0 Å². The molecule has 1 amide bonds. The molecule has 0 saturated heterocycles. The van der Waals surface area contributed by atoms with Gasteiger partial charge in [-0.1, -0.05) is 41.1 Å². The maximum Gasteiger partial charge on any atom is 0.252 e. The van der Waals surface area contributed by atoms with Gasteiger partial charge >= 0.3 is 0 Å². The molecule has 0 fully saturated rings. The van der Waals surface area contributed by atoms with Crippen molar-refractivity contribution >= 4 is 40.3 Å². The Bertz CT molecular complexity index is 357. The van der Waals surface area contributed by atoms with Crippen LogP contribution in [-0.2, 0) is 0 Å². The van der Waals surface area contributed by atoms with Crippen molar-refractivity contribution in [1.82, 2.24) is 5.32 Å². The molecule has 4 heteroatoms. The van der Waals surface area contributed by atoms with E-state index >= 15 is 0 Å². The molecule has 0 aliphatic heterocycles. The van der Waals surface area contributed by atoms with Gasteiger partial charge in [0.2, 0.25) is 0 Å². The summed E-state index contributed by atoms with van der Waals surface area (Å²) in [6.07, 6.45) is 5.48. The summed E-state index contributed by atoms with van der Waals surface area (Å²) >= 11 is 3.99. The van der Waals surface area contributed by atoms with Gasteiger partial charge in [0.1, 0.15) is 0 Å². The van der Waals surface area contributed by atoms with Crippen LogP contribution in [0.4, 0.5) is 0 Å². The fraction of sp³-hybridized carbons (Fsp3) is 0.462. The van der Waals surface area contributed by atoms with E-state index in [1.165, 1.54) is 17.3 Å². The average Bonchev–Trinajstić information content (AvgIpc) is 2.38. The van der Waals surface area contributed by atoms with Crippen LogP contribution in [0.5, 0.6) is 0 Å². The number of thioether (sulfide) groups is 1. The number of carbonyl (C=O) groups excluding carboxylic acids is 1. The van der Waals surface area contributed by atoms with Crippen molar-refractivity contribution in [3.05, 3.63) is 29.8 Å². The van der Waals surface area contributed by atoms with Gasteiger partial charge in [0.05, 0.1) is 5.56 Å². The zero-order chi connectivity index (χ0) is 12.5. The molecule has 17 heavy (non-hydrogen) atoms. The Hall–Kier alpha value is -0.230. The lowest BCUT2D eigenvalue weighted by Gasteiger charge is -2.08. The maximum atomic E-state index is 11.9. The standard InChI is InChI=1S/C13H18INOS/c1-17-12-8-4-3-7-11(12)13(16)15-10-6-2-5-9-14/h3-4,7-8H,2,5-6,9-10H2,1H3,(H,15,16). The molecule has 1 aromatic carbocycles. The predicted octanol–water partition coefficient (Wildman–Crippen LogP) is 3.74. The number of hydrogen-bond acceptors (Lipinski definition) is 2. The summed E-state index contributed by atoms with van der Waals surface area (Å²) in [5.74, 6) is 0.0458. The van der Waals surface area contributed by atoms with Crippen LogP contribution >= 0.6 is 34.4 Å². The fourth-order valence-corrected chi connectivity index (χ4v) is 2.66. The average molecular weight is 363 g/mol. The summed E-state index contributed by atoms with van der Waals surface area (Å²) in [6, 6.07) is 7.73. The van der Waals surface area contributed by atoms with Crippen LogP contribution in [0.15, 0.2) is 29.2 Å². The zero-order valence-electron chi connectivity index (χ0n) is 10.0. The second-order valence-electron chi connectivity index (χ2n) is 3.71. The molecule has 0 spiro atoms. The van der Waals surface area contributed by atoms with Crippen molar-refractivity contribution in [3.63, 3.8) is 0 Å². The molecular formula is C13H18INOS. The topological polar surface area (TPSA) is 29.1 Å². The summed E-state index contributed by atoms with van der Waals surface area (Å²) < 4.78 is 1.20. The van der Waals surface area contributed by atoms with Gasteiger partial charge in [0.15, 0.2) is 0 Å². The van der Waals surface area contributed by atoms with E-state index in [1.807, 2.05) is 30.5 Å². The molecule has 2 nitrogen and oxygen atoms in total. The third-order valence-electron chi connectivity index (χ3n) is 2.45. The van der Waals surface area contributed by atoms with E-state index < -0.39 is 0 Å². The van der Waals surface area contributed by atoms with E-state index in [-0.39, 0.29) is 5.91 Å². The molecule has 1 aromatic rings. The first kappa shape index (κ1) is 14.8. The number of benzene rings is 1. The Labute approximate surface area is 121 Å². The van der Waals surface area contributed by atoms with E-state index in [0.29, 0.717) is 0 Å². The Morgan fingerprint density at radius 1 is 1.29 bits per heavy atom. The summed E-state index contributed by atoms with van der Waals surface area (Å²) in [7, 11) is 0. The normalized spacial score (nSPS) is 10.2. The van der Waals surface area contributed by atoms with Crippen molar-refractivity contribution in [2.24, 2.45) is 0 Å². The maximum absolute atomic E-state index is 11.9. The van der Waals surface area contributed by atoms with E-state index in [1.54, 1.807) is 11.8 Å². The predicted molar refractivity (Wildman–Crippen MR) is 83.3 cm³/mol. The molecule has 0 saturated carbocycles. The highest BCUT2D eigenvalue weighted by molar-refractivity contribution is 14.1. The number of halogens is 1. The van der Waals surface area contributed by atoms with Crippen molar-refractivity contribution in [2.45, 2.75) is 24.2 Å². The van der Waals surface area contributed by atoms with Crippen LogP contribution in [0.1, 0.15) is 29.6 Å². The van der Waals surface area contributed by atoms with Crippen LogP contribution < -0.4 is 5.32 Å². The molecular weight excluding hydrogens is 345 g/mol. The molecule has 94 valence electrons. The minimum atomic E-state index is 0.0458. The summed E-state index contributed by atoms with van der Waals surface area (Å²) in [4.78, 5) is 13.0. The van der Waals surface area contributed by atoms with Crippen LogP contribution in [0, 0.1) is 0 Å². The number of alkyl halides is 1. The number of rotatable bonds is 7. The number of carbonyl (C=O) groups is 1. The Kier molecular flexibility index (Phi) is 7.68. The lowest BCUT2D eigenvalue weighted by atomic mass is 10.2. The van der Waals surface area contributed by atoms with Gasteiger partial charge in [0.25, 0.3) is 5.91 Å². The van der Waals surface area contributed by atoms with Crippen molar-refractivity contribution in [1.29, 1.82) is 0 Å². The van der Waals surface area contributed by atoms with Gasteiger partial charge in [-0.25, -0.2) is 0 Å². The van der Waals surface area contributed by atoms with Gasteiger partial charge in [-0.05, 0) is 35.7 Å². The molecule has 0 unspecified atom stereocenters. The van der Waals surface area contributed by atoms with Gasteiger partial charge < -0.3 is 5.32 Å². The minimum Gasteiger partial charge on any atom is -0.352 e. The zero-order valence-corrected chi connectivity index (χ0v) is 13.0. The monoisotopic (exact) mass is 363 g/mol. The first-order chi connectivity index (χ1) is 8.29. The molecule has 1 rings (SSSR count). The number of unbranched alkanes of at least 4 members (excludes halogenated alkanes) is 2. The van der Waals surface area contributed by atoms with Crippen LogP contribution in [-0.4, -0.2) is 23.1 Å². The molecule has 0 aliphatic carbocycles. The van der Waals surface area contributed by atoms with E-state index in [9.17, 15) is 4.79 Å². The summed E-state index contributed by atoms with van der Waals surface area (Å²) in [5, 5.41) is 2.98. The van der Waals surface area contributed by atoms with Gasteiger partial charge in [-0.15, -0.1) is 11.8 Å². The lowest BCUT2D eigenvalue weighted by Crippen LogP contribution is -2.24. The first-order valence-corrected chi connectivity index (χ1v) is 8.51. The van der Waals surface area contributed by atoms with Gasteiger partial charge in [0, 0.05) is 11.4 Å². The molecule has 0 radical (unpaired) electrons. The fourth-order valence-electron chi connectivity index (χ4n) is 1.53. The van der Waals surface area contributed by atoms with E-state index in [4.69, 9.17) is 0 Å². The number of amides is 1. The van der Waals surface area contributed by atoms with Gasteiger partial charge in [-0.3, -0.25) is 4.79 Å².